The molecule has 31 heavy (non-hydrogen) atoms. The number of nitrogens with two attached hydrogens (primary N) is 1. The summed E-state index contributed by atoms with van der Waals surface area (Å²) in [5.74, 6) is -0.562. The summed E-state index contributed by atoms with van der Waals surface area (Å²) >= 11 is 1.49. The van der Waals surface area contributed by atoms with Gasteiger partial charge in [-0.1, -0.05) is 0 Å². The molecular formula is C22H35N5O3S. The average molecular weight is 450 g/mol. The summed E-state index contributed by atoms with van der Waals surface area (Å²) in [6.07, 6.45) is 4.86. The molecule has 0 unspecified atom stereocenters. The molecule has 0 radical (unpaired) electrons. The number of anilines is 1. The number of amides is 3. The summed E-state index contributed by atoms with van der Waals surface area (Å²) < 4.78 is 0. The number of fused-ring (bicyclic) bond motifs is 1. The van der Waals surface area contributed by atoms with Gasteiger partial charge in [-0.3, -0.25) is 24.2 Å². The first-order valence-electron chi connectivity index (χ1n) is 11.1. The van der Waals surface area contributed by atoms with Crippen LogP contribution in [0.25, 0.3) is 0 Å². The lowest BCUT2D eigenvalue weighted by Gasteiger charge is -2.25. The van der Waals surface area contributed by atoms with Gasteiger partial charge in [0.1, 0.15) is 5.00 Å². The highest BCUT2D eigenvalue weighted by molar-refractivity contribution is 7.17. The topological polar surface area (TPSA) is 108 Å². The predicted molar refractivity (Wildman–Crippen MR) is 124 cm³/mol. The van der Waals surface area contributed by atoms with Gasteiger partial charge >= 0.3 is 0 Å². The molecule has 1 aliphatic carbocycles. The van der Waals surface area contributed by atoms with Gasteiger partial charge in [-0.2, -0.15) is 0 Å². The van der Waals surface area contributed by atoms with Crippen LogP contribution in [-0.2, 0) is 22.4 Å². The fourth-order valence-electron chi connectivity index (χ4n) is 4.29. The molecule has 1 fully saturated rings. The normalized spacial score (nSPS) is 18.2. The second-order valence-electron chi connectivity index (χ2n) is 9.53. The van der Waals surface area contributed by atoms with Crippen molar-refractivity contribution in [3.05, 3.63) is 16.0 Å². The third-order valence-corrected chi connectivity index (χ3v) is 6.81. The number of nitrogens with one attached hydrogen (secondary N) is 2. The van der Waals surface area contributed by atoms with Gasteiger partial charge in [-0.05, 0) is 71.5 Å². The third-order valence-electron chi connectivity index (χ3n) is 5.60. The van der Waals surface area contributed by atoms with E-state index in [1.807, 2.05) is 20.8 Å². The molecule has 0 spiro atoms. The van der Waals surface area contributed by atoms with Gasteiger partial charge in [0.15, 0.2) is 0 Å². The quantitative estimate of drug-likeness (QED) is 0.611. The number of primary amides is 1. The number of thiophene rings is 1. The highest BCUT2D eigenvalue weighted by Crippen LogP contribution is 2.37. The smallest absolute Gasteiger partial charge is 0.251 e. The Morgan fingerprint density at radius 1 is 0.935 bits per heavy atom. The van der Waals surface area contributed by atoms with Crippen molar-refractivity contribution in [3.8, 4) is 0 Å². The van der Waals surface area contributed by atoms with E-state index >= 15 is 0 Å². The van der Waals surface area contributed by atoms with Crippen molar-refractivity contribution in [2.75, 3.05) is 44.6 Å². The molecule has 1 aliphatic heterocycles. The Bertz CT molecular complexity index is 830. The van der Waals surface area contributed by atoms with Gasteiger partial charge in [0.25, 0.3) is 5.91 Å². The Morgan fingerprint density at radius 2 is 1.55 bits per heavy atom. The standard InChI is InChI=1S/C22H35N5O3S/c1-22(2,3)25-18(29)14-27-10-6-9-26(11-12-27)13-17(28)24-21-19(20(23)30)15-7-4-5-8-16(15)31-21/h4-14H2,1-3H3,(H2,23,30)(H,24,28)(H,25,29). The summed E-state index contributed by atoms with van der Waals surface area (Å²) in [5.41, 5.74) is 6.91. The lowest BCUT2D eigenvalue weighted by Crippen LogP contribution is -2.46. The van der Waals surface area contributed by atoms with Crippen LogP contribution in [0.4, 0.5) is 5.00 Å². The highest BCUT2D eigenvalue weighted by atomic mass is 32.1. The first-order valence-corrected chi connectivity index (χ1v) is 11.9. The SMILES string of the molecule is CC(C)(C)NC(=O)CN1CCCN(CC(=O)Nc2sc3c(c2C(N)=O)CCCC3)CC1. The van der Waals surface area contributed by atoms with Gasteiger partial charge in [0.05, 0.1) is 18.7 Å². The summed E-state index contributed by atoms with van der Waals surface area (Å²) in [4.78, 5) is 42.4. The number of rotatable bonds is 6. The maximum atomic E-state index is 12.7. The molecule has 0 bridgehead atoms. The van der Waals surface area contributed by atoms with Gasteiger partial charge in [-0.25, -0.2) is 0 Å². The fourth-order valence-corrected chi connectivity index (χ4v) is 5.60. The molecule has 0 aromatic carbocycles. The van der Waals surface area contributed by atoms with Crippen molar-refractivity contribution >= 4 is 34.1 Å². The molecule has 0 saturated carbocycles. The summed E-state index contributed by atoms with van der Waals surface area (Å²) in [5, 5.41) is 6.54. The molecule has 3 rings (SSSR count). The zero-order valence-corrected chi connectivity index (χ0v) is 19.7. The lowest BCUT2D eigenvalue weighted by molar-refractivity contribution is -0.123. The number of aryl methyl sites for hydroxylation is 1. The molecular weight excluding hydrogens is 414 g/mol. The Kier molecular flexibility index (Phi) is 7.72. The van der Waals surface area contributed by atoms with Crippen molar-refractivity contribution in [2.24, 2.45) is 5.73 Å². The minimum Gasteiger partial charge on any atom is -0.365 e. The van der Waals surface area contributed by atoms with Crippen LogP contribution in [0, 0.1) is 0 Å². The minimum atomic E-state index is -0.464. The van der Waals surface area contributed by atoms with Crippen molar-refractivity contribution in [1.29, 1.82) is 0 Å². The minimum absolute atomic E-state index is 0.0272. The monoisotopic (exact) mass is 449 g/mol. The molecule has 1 aromatic heterocycles. The molecule has 9 heteroatoms. The molecule has 3 amide bonds. The zero-order chi connectivity index (χ0) is 22.6. The van der Waals surface area contributed by atoms with E-state index in [4.69, 9.17) is 5.73 Å². The van der Waals surface area contributed by atoms with Crippen LogP contribution >= 0.6 is 11.3 Å². The fraction of sp³-hybridized carbons (Fsp3) is 0.682. The van der Waals surface area contributed by atoms with E-state index in [0.717, 1.165) is 63.8 Å². The second kappa shape index (κ2) is 10.1. The maximum Gasteiger partial charge on any atom is 0.251 e. The molecule has 1 saturated heterocycles. The molecule has 4 N–H and O–H groups in total. The summed E-state index contributed by atoms with van der Waals surface area (Å²) in [7, 11) is 0. The van der Waals surface area contributed by atoms with Crippen LogP contribution in [-0.4, -0.2) is 72.3 Å². The molecule has 1 aromatic rings. The van der Waals surface area contributed by atoms with Gasteiger partial charge in [-0.15, -0.1) is 11.3 Å². The summed E-state index contributed by atoms with van der Waals surface area (Å²) in [6, 6.07) is 0. The highest BCUT2D eigenvalue weighted by Gasteiger charge is 2.26. The number of hydrogen-bond donors (Lipinski definition) is 3. The van der Waals surface area contributed by atoms with Crippen LogP contribution < -0.4 is 16.4 Å². The van der Waals surface area contributed by atoms with E-state index in [1.54, 1.807) is 0 Å². The van der Waals surface area contributed by atoms with Gasteiger partial charge in [0.2, 0.25) is 11.8 Å². The molecule has 172 valence electrons. The van der Waals surface area contributed by atoms with E-state index in [0.29, 0.717) is 17.1 Å². The van der Waals surface area contributed by atoms with E-state index in [-0.39, 0.29) is 23.9 Å². The number of carbonyl (C=O) groups is 3. The first kappa shape index (κ1) is 23.7. The van der Waals surface area contributed by atoms with Crippen molar-refractivity contribution in [3.63, 3.8) is 0 Å². The Hall–Kier alpha value is -1.97. The van der Waals surface area contributed by atoms with Crippen LogP contribution in [0.5, 0.6) is 0 Å². The first-order chi connectivity index (χ1) is 14.6. The van der Waals surface area contributed by atoms with Crippen LogP contribution in [0.1, 0.15) is 60.8 Å². The molecule has 2 aliphatic rings. The van der Waals surface area contributed by atoms with Crippen LogP contribution in [0.15, 0.2) is 0 Å². The van der Waals surface area contributed by atoms with Crippen molar-refractivity contribution in [2.45, 2.75) is 58.4 Å². The number of carbonyl (C=O) groups excluding carboxylic acids is 3. The second-order valence-corrected chi connectivity index (χ2v) is 10.6. The Balaban J connectivity index is 1.53. The van der Waals surface area contributed by atoms with Crippen LogP contribution in [0.3, 0.4) is 0 Å². The predicted octanol–water partition coefficient (Wildman–Crippen LogP) is 1.59. The van der Waals surface area contributed by atoms with Crippen LogP contribution in [0.2, 0.25) is 0 Å². The Labute approximate surface area is 188 Å². The molecule has 2 heterocycles. The van der Waals surface area contributed by atoms with E-state index in [9.17, 15) is 14.4 Å². The van der Waals surface area contributed by atoms with E-state index < -0.39 is 5.91 Å². The van der Waals surface area contributed by atoms with E-state index in [2.05, 4.69) is 20.4 Å². The number of nitrogens with zero attached hydrogens (tertiary/aromatic N) is 2. The average Bonchev–Trinajstić information content (AvgIpc) is 2.87. The molecule has 0 atom stereocenters. The zero-order valence-electron chi connectivity index (χ0n) is 18.9. The largest absolute Gasteiger partial charge is 0.365 e. The van der Waals surface area contributed by atoms with Crippen molar-refractivity contribution < 1.29 is 14.4 Å². The Morgan fingerprint density at radius 3 is 2.16 bits per heavy atom. The van der Waals surface area contributed by atoms with Gasteiger partial charge in [0, 0.05) is 23.5 Å². The lowest BCUT2D eigenvalue weighted by atomic mass is 9.95. The summed E-state index contributed by atoms with van der Waals surface area (Å²) in [6.45, 7) is 9.66. The number of hydrogen-bond acceptors (Lipinski definition) is 6. The maximum absolute atomic E-state index is 12.7. The van der Waals surface area contributed by atoms with Gasteiger partial charge < -0.3 is 16.4 Å². The third kappa shape index (κ3) is 6.75. The van der Waals surface area contributed by atoms with Crippen molar-refractivity contribution in [1.82, 2.24) is 15.1 Å². The van der Waals surface area contributed by atoms with E-state index in [1.165, 1.54) is 16.2 Å². The molecule has 8 nitrogen and oxygen atoms in total.